The van der Waals surface area contributed by atoms with Crippen molar-refractivity contribution in [1.82, 2.24) is 30.4 Å². The number of rotatable bonds is 9. The van der Waals surface area contributed by atoms with Gasteiger partial charge in [-0.05, 0) is 34.1 Å². The van der Waals surface area contributed by atoms with Gasteiger partial charge in [-0.25, -0.2) is 9.98 Å². The maximum atomic E-state index is 5.38. The molecule has 0 radical (unpaired) electrons. The van der Waals surface area contributed by atoms with Crippen LogP contribution in [0.4, 0.5) is 0 Å². The van der Waals surface area contributed by atoms with E-state index < -0.39 is 0 Å². The Hall–Kier alpha value is -1.27. The molecule has 2 aromatic rings. The highest BCUT2D eigenvalue weighted by Crippen LogP contribution is 2.15. The van der Waals surface area contributed by atoms with Crippen molar-refractivity contribution in [3.8, 4) is 0 Å². The number of thiazole rings is 1. The molecule has 2 rings (SSSR count). The quantitative estimate of drug-likeness (QED) is 0.235. The zero-order chi connectivity index (χ0) is 18.9. The van der Waals surface area contributed by atoms with E-state index in [-0.39, 0.29) is 24.0 Å². The number of hydrogen-bond acceptors (Lipinski definition) is 6. The van der Waals surface area contributed by atoms with Gasteiger partial charge in [-0.15, -0.1) is 45.5 Å². The first-order chi connectivity index (χ1) is 12.5. The summed E-state index contributed by atoms with van der Waals surface area (Å²) < 4.78 is 7.33. The third-order valence-electron chi connectivity index (χ3n) is 4.00. The van der Waals surface area contributed by atoms with Crippen molar-refractivity contribution >= 4 is 41.3 Å². The molecule has 8 nitrogen and oxygen atoms in total. The molecule has 0 saturated heterocycles. The highest BCUT2D eigenvalue weighted by molar-refractivity contribution is 14.0. The molecular weight excluding hydrogens is 477 g/mol. The summed E-state index contributed by atoms with van der Waals surface area (Å²) in [5.74, 6) is 2.45. The molecule has 0 spiro atoms. The lowest BCUT2D eigenvalue weighted by atomic mass is 10.4. The molecule has 0 unspecified atom stereocenters. The minimum Gasteiger partial charge on any atom is -0.382 e. The molecule has 152 valence electrons. The van der Waals surface area contributed by atoms with Crippen LogP contribution in [0.15, 0.2) is 4.99 Å². The molecule has 0 atom stereocenters. The topological polar surface area (TPSA) is 89.2 Å². The molecular formula is C17H30IN7OS. The Morgan fingerprint density at radius 2 is 2.00 bits per heavy atom. The van der Waals surface area contributed by atoms with E-state index in [0.717, 1.165) is 54.5 Å². The van der Waals surface area contributed by atoms with Gasteiger partial charge in [0.2, 0.25) is 0 Å². The molecule has 0 aromatic carbocycles. The molecule has 0 aliphatic carbocycles. The van der Waals surface area contributed by atoms with Crippen LogP contribution < -0.4 is 10.6 Å². The Bertz CT molecular complexity index is 709. The van der Waals surface area contributed by atoms with Gasteiger partial charge in [-0.1, -0.05) is 0 Å². The molecule has 10 heteroatoms. The molecule has 27 heavy (non-hydrogen) atoms. The van der Waals surface area contributed by atoms with Crippen LogP contribution in [0.2, 0.25) is 0 Å². The predicted octanol–water partition coefficient (Wildman–Crippen LogP) is 2.48. The van der Waals surface area contributed by atoms with Gasteiger partial charge in [0.05, 0.1) is 12.2 Å². The number of halogens is 1. The van der Waals surface area contributed by atoms with Crippen molar-refractivity contribution in [3.05, 3.63) is 27.2 Å². The Balaban J connectivity index is 0.00000364. The van der Waals surface area contributed by atoms with Gasteiger partial charge in [0.25, 0.3) is 0 Å². The summed E-state index contributed by atoms with van der Waals surface area (Å²) in [5.41, 5.74) is 1.09. The van der Waals surface area contributed by atoms with Crippen molar-refractivity contribution in [3.63, 3.8) is 0 Å². The fourth-order valence-corrected chi connectivity index (χ4v) is 3.09. The van der Waals surface area contributed by atoms with Crippen LogP contribution in [0.5, 0.6) is 0 Å². The number of aryl methyl sites for hydroxylation is 3. The highest BCUT2D eigenvalue weighted by Gasteiger charge is 2.07. The Morgan fingerprint density at radius 1 is 1.22 bits per heavy atom. The van der Waals surface area contributed by atoms with Crippen molar-refractivity contribution in [2.45, 2.75) is 47.2 Å². The van der Waals surface area contributed by atoms with E-state index in [9.17, 15) is 0 Å². The molecule has 0 saturated carbocycles. The first-order valence-corrected chi connectivity index (χ1v) is 9.70. The van der Waals surface area contributed by atoms with Crippen LogP contribution >= 0.6 is 35.3 Å². The third-order valence-corrected chi connectivity index (χ3v) is 5.08. The second kappa shape index (κ2) is 12.2. The van der Waals surface area contributed by atoms with Gasteiger partial charge in [0.15, 0.2) is 11.8 Å². The second-order valence-corrected chi connectivity index (χ2v) is 7.26. The summed E-state index contributed by atoms with van der Waals surface area (Å²) in [5, 5.41) is 16.0. The maximum Gasteiger partial charge on any atom is 0.192 e. The average Bonchev–Trinajstić information content (AvgIpc) is 3.11. The normalized spacial score (nSPS) is 11.4. The predicted molar refractivity (Wildman–Crippen MR) is 120 cm³/mol. The van der Waals surface area contributed by atoms with Gasteiger partial charge in [-0.2, -0.15) is 0 Å². The molecule has 0 aliphatic heterocycles. The molecule has 2 N–H and O–H groups in total. The van der Waals surface area contributed by atoms with Gasteiger partial charge >= 0.3 is 0 Å². The minimum absolute atomic E-state index is 0. The summed E-state index contributed by atoms with van der Waals surface area (Å²) in [7, 11) is 1.95. The van der Waals surface area contributed by atoms with E-state index in [1.54, 1.807) is 11.3 Å². The largest absolute Gasteiger partial charge is 0.382 e. The molecule has 0 aliphatic rings. The molecule has 0 fully saturated rings. The lowest BCUT2D eigenvalue weighted by Crippen LogP contribution is -2.38. The number of nitrogens with one attached hydrogen (secondary N) is 2. The standard InChI is InChI=1S/C17H29N7OS.HI/c1-6-25-9-7-8-18-17(19-10-15-23-22-14(4)24(15)5)20-11-16-21-12(2)13(3)26-16;/h6-11H2,1-5H3,(H2,18,19,20);1H. The summed E-state index contributed by atoms with van der Waals surface area (Å²) >= 11 is 1.71. The summed E-state index contributed by atoms with van der Waals surface area (Å²) in [4.78, 5) is 10.5. The fraction of sp³-hybridized carbons (Fsp3) is 0.647. The van der Waals surface area contributed by atoms with Crippen LogP contribution in [0.1, 0.15) is 40.6 Å². The van der Waals surface area contributed by atoms with E-state index in [2.05, 4.69) is 37.7 Å². The minimum atomic E-state index is 0. The van der Waals surface area contributed by atoms with Crippen LogP contribution in [-0.4, -0.2) is 45.5 Å². The van der Waals surface area contributed by atoms with Gasteiger partial charge in [-0.3, -0.25) is 0 Å². The summed E-state index contributed by atoms with van der Waals surface area (Å²) in [6.45, 7) is 11.4. The van der Waals surface area contributed by atoms with Crippen LogP contribution in [0.3, 0.4) is 0 Å². The monoisotopic (exact) mass is 507 g/mol. The van der Waals surface area contributed by atoms with Crippen LogP contribution in [-0.2, 0) is 24.9 Å². The number of ether oxygens (including phenoxy) is 1. The van der Waals surface area contributed by atoms with Crippen LogP contribution in [0.25, 0.3) is 0 Å². The Kier molecular flexibility index (Phi) is 10.8. The van der Waals surface area contributed by atoms with E-state index in [4.69, 9.17) is 4.74 Å². The third kappa shape index (κ3) is 7.70. The van der Waals surface area contributed by atoms with Crippen LogP contribution in [0, 0.1) is 20.8 Å². The number of guanidine groups is 1. The first-order valence-electron chi connectivity index (χ1n) is 8.89. The average molecular weight is 507 g/mol. The van der Waals surface area contributed by atoms with E-state index in [0.29, 0.717) is 13.1 Å². The first kappa shape index (κ1) is 23.8. The Morgan fingerprint density at radius 3 is 2.59 bits per heavy atom. The Labute approximate surface area is 182 Å². The molecule has 0 bridgehead atoms. The highest BCUT2D eigenvalue weighted by atomic mass is 127. The summed E-state index contributed by atoms with van der Waals surface area (Å²) in [6.07, 6.45) is 0.924. The number of nitrogens with zero attached hydrogens (tertiary/aromatic N) is 5. The van der Waals surface area contributed by atoms with E-state index >= 15 is 0 Å². The lowest BCUT2D eigenvalue weighted by molar-refractivity contribution is 0.145. The smallest absolute Gasteiger partial charge is 0.192 e. The number of aromatic nitrogens is 4. The zero-order valence-electron chi connectivity index (χ0n) is 16.7. The molecule has 2 heterocycles. The van der Waals surface area contributed by atoms with Gasteiger partial charge in [0, 0.05) is 31.7 Å². The number of aliphatic imine (C=N–C) groups is 1. The van der Waals surface area contributed by atoms with Crippen molar-refractivity contribution in [2.24, 2.45) is 12.0 Å². The fourth-order valence-electron chi connectivity index (χ4n) is 2.21. The lowest BCUT2D eigenvalue weighted by Gasteiger charge is -2.12. The molecule has 2 aromatic heterocycles. The SMILES string of the molecule is CCOCCCNC(=NCc1nnc(C)n1C)NCc1nc(C)c(C)s1.I. The summed E-state index contributed by atoms with van der Waals surface area (Å²) in [6, 6.07) is 0. The second-order valence-electron chi connectivity index (χ2n) is 5.97. The number of hydrogen-bond donors (Lipinski definition) is 2. The van der Waals surface area contributed by atoms with Crippen molar-refractivity contribution in [2.75, 3.05) is 19.8 Å². The van der Waals surface area contributed by atoms with Gasteiger partial charge < -0.3 is 19.9 Å². The van der Waals surface area contributed by atoms with Gasteiger partial charge in [0.1, 0.15) is 17.4 Å². The van der Waals surface area contributed by atoms with E-state index in [1.165, 1.54) is 4.88 Å². The van der Waals surface area contributed by atoms with Crippen molar-refractivity contribution in [1.29, 1.82) is 0 Å². The zero-order valence-corrected chi connectivity index (χ0v) is 19.9. The molecule has 0 amide bonds. The van der Waals surface area contributed by atoms with Crippen molar-refractivity contribution < 1.29 is 4.74 Å². The van der Waals surface area contributed by atoms with E-state index in [1.807, 2.05) is 32.4 Å². The maximum absolute atomic E-state index is 5.38.